The van der Waals surface area contributed by atoms with Crippen LogP contribution < -0.4 is 33.7 Å². The van der Waals surface area contributed by atoms with Crippen molar-refractivity contribution >= 4 is 94.5 Å². The third-order valence-corrected chi connectivity index (χ3v) is 24.6. The molecule has 2 aromatic heterocycles. The van der Waals surface area contributed by atoms with Gasteiger partial charge >= 0.3 is 0 Å². The Balaban J connectivity index is 1.29. The molecule has 8 rings (SSSR count). The van der Waals surface area contributed by atoms with Crippen molar-refractivity contribution in [3.8, 4) is 11.1 Å². The van der Waals surface area contributed by atoms with Crippen molar-refractivity contribution in [3.05, 3.63) is 167 Å². The molecule has 0 aliphatic rings. The number of aromatic amines is 6. The zero-order valence-electron chi connectivity index (χ0n) is 57.7. The van der Waals surface area contributed by atoms with E-state index in [1.165, 1.54) is 102 Å². The number of aromatic nitrogens is 6. The lowest BCUT2D eigenvalue weighted by molar-refractivity contribution is 0.409. The van der Waals surface area contributed by atoms with Gasteiger partial charge in [0.25, 0.3) is 20.2 Å². The van der Waals surface area contributed by atoms with Gasteiger partial charge in [0.2, 0.25) is 73.8 Å². The van der Waals surface area contributed by atoms with Crippen molar-refractivity contribution in [2.24, 2.45) is 30.0 Å². The van der Waals surface area contributed by atoms with Crippen LogP contribution in [-0.2, 0) is 60.3 Å². The normalized spacial score (nSPS) is 13.5. The summed E-state index contributed by atoms with van der Waals surface area (Å²) in [5.41, 5.74) is -1.46. The standard InChI is InChI=1S/C66H86N16O14S6/c1-9-33-79(34-10-2)97(83,84)53-25-17-21-47(41-53)67-61-73-62(68-48-22-18-26-54(42-48)98(85,86)80(35-11-3)36-12-4)76-65(75-61)71-51-29-31-57(59(45-51)101(91,92)93)58-32-30-52(46-60(58)102(94,95)96)72-66-77-63(69-49-23-19-27-55(43-49)99(87,88)81(37-13-5)38-14-6)74-64(78-66)70-50-24-20-28-56(44-50)100(89,90)82(39-15-7)40-16-8/h17-32,41-46H,9-16,33-40H2,1-8H3,(H,91,92,93)(H,94,95,96)(H3,67,68,71,73,75,76)(H3,69,70,72,74,77,78). The third kappa shape index (κ3) is 20.1. The lowest BCUT2D eigenvalue weighted by Crippen LogP contribution is -2.36. The minimum atomic E-state index is -5.31. The molecule has 550 valence electrons. The molecular formula is C66H86N16O14S6. The average Bonchev–Trinajstić information content (AvgIpc) is 0.771. The fourth-order valence-corrected chi connectivity index (χ4v) is 19.0. The first-order valence-electron chi connectivity index (χ1n) is 33.2. The van der Waals surface area contributed by atoms with E-state index in [2.05, 4.69) is 59.9 Å². The fourth-order valence-electron chi connectivity index (χ4n) is 10.9. The summed E-state index contributed by atoms with van der Waals surface area (Å²) in [7, 11) is -26.5. The van der Waals surface area contributed by atoms with Crippen molar-refractivity contribution in [1.82, 2.24) is 47.1 Å². The molecule has 8 aromatic rings. The molecule has 0 bridgehead atoms. The summed E-state index contributed by atoms with van der Waals surface area (Å²) in [6.45, 7) is 17.2. The largest absolute Gasteiger partial charge is 0.296 e. The molecule has 0 saturated carbocycles. The van der Waals surface area contributed by atoms with Gasteiger partial charge in [-0.2, -0.15) is 34.1 Å². The van der Waals surface area contributed by atoms with Gasteiger partial charge in [0.1, 0.15) is 9.79 Å². The van der Waals surface area contributed by atoms with Gasteiger partial charge in [-0.1, -0.05) is 91.8 Å². The molecule has 0 saturated heterocycles. The van der Waals surface area contributed by atoms with Crippen molar-refractivity contribution in [2.45, 2.75) is 136 Å². The number of rotatable bonds is 33. The third-order valence-electron chi connectivity index (χ3n) is 15.2. The fraction of sp³-hybridized carbons (Fsp3) is 0.364. The molecule has 2 heterocycles. The summed E-state index contributed by atoms with van der Waals surface area (Å²) < 4.78 is 193. The molecule has 0 fully saturated rings. The Kier molecular flexibility index (Phi) is 27.0. The molecular weight excluding hydrogens is 1430 g/mol. The Hall–Kier alpha value is -8.40. The van der Waals surface area contributed by atoms with Crippen molar-refractivity contribution in [1.29, 1.82) is 0 Å². The highest BCUT2D eigenvalue weighted by Crippen LogP contribution is 2.37. The highest BCUT2D eigenvalue weighted by atomic mass is 32.2. The van der Waals surface area contributed by atoms with Crippen LogP contribution in [0.2, 0.25) is 0 Å². The van der Waals surface area contributed by atoms with Gasteiger partial charge in [-0.25, -0.2) is 63.6 Å². The summed E-state index contributed by atoms with van der Waals surface area (Å²) >= 11 is 0. The zero-order valence-corrected chi connectivity index (χ0v) is 62.6. The molecule has 0 spiro atoms. The molecule has 0 atom stereocenters. The molecule has 0 aliphatic carbocycles. The molecule has 8 N–H and O–H groups in total. The molecule has 6 aromatic carbocycles. The number of nitrogens with one attached hydrogen (secondary N) is 6. The SMILES string of the molecule is CCCN(CCC)S(=O)(=O)c1cccc(N=c2[nH]c(=Nc3cccc(S(=O)(=O)N(CCC)CCC)c3)[nH]c(=Nc3ccc(-c4ccc(N=c5[nH]c(=Nc6cccc(S(=O)(=O)N(CCC)CCC)c6)[nH]c(=Nc6cccc(S(=O)(=O)N(CCC)CCC)c6)[nH]5)cc4S(=O)(=O)O)c(S(=O)(=O)O)c3)[nH]2)c1. The van der Waals surface area contributed by atoms with E-state index < -0.39 is 81.2 Å². The van der Waals surface area contributed by atoms with Gasteiger partial charge < -0.3 is 0 Å². The lowest BCUT2D eigenvalue weighted by Gasteiger charge is -2.21. The molecule has 0 aliphatic heterocycles. The van der Waals surface area contributed by atoms with Gasteiger partial charge in [0, 0.05) is 63.5 Å². The maximum absolute atomic E-state index is 13.9. The highest BCUT2D eigenvalue weighted by molar-refractivity contribution is 7.90. The molecule has 36 heteroatoms. The quantitative estimate of drug-likeness (QED) is 0.0179. The van der Waals surface area contributed by atoms with E-state index in [0.717, 1.165) is 24.3 Å². The monoisotopic (exact) mass is 1520 g/mol. The smallest absolute Gasteiger partial charge is 0.295 e. The van der Waals surface area contributed by atoms with Crippen molar-refractivity contribution in [3.63, 3.8) is 0 Å². The number of hydrogen-bond donors (Lipinski definition) is 8. The predicted octanol–water partition coefficient (Wildman–Crippen LogP) is 8.45. The van der Waals surface area contributed by atoms with E-state index in [9.17, 15) is 59.6 Å². The predicted molar refractivity (Wildman–Crippen MR) is 385 cm³/mol. The van der Waals surface area contributed by atoms with Crippen LogP contribution in [0.15, 0.2) is 193 Å². The first-order valence-corrected chi connectivity index (χ1v) is 41.8. The van der Waals surface area contributed by atoms with Gasteiger partial charge in [-0.15, -0.1) is 0 Å². The second-order valence-electron chi connectivity index (χ2n) is 23.4. The summed E-state index contributed by atoms with van der Waals surface area (Å²) in [6, 6.07) is 30.1. The van der Waals surface area contributed by atoms with Crippen LogP contribution in [0.3, 0.4) is 0 Å². The van der Waals surface area contributed by atoms with Crippen LogP contribution in [-0.4, -0.2) is 159 Å². The lowest BCUT2D eigenvalue weighted by atomic mass is 10.0. The molecule has 0 amide bonds. The number of nitrogens with zero attached hydrogens (tertiary/aromatic N) is 10. The topological polar surface area (TPSA) is 427 Å². The number of hydrogen-bond acceptors (Lipinski definition) is 18. The van der Waals surface area contributed by atoms with E-state index in [0.29, 0.717) is 51.4 Å². The minimum absolute atomic E-state index is 0.0371. The first kappa shape index (κ1) is 79.3. The second-order valence-corrected chi connectivity index (χ2v) is 34.0. The Bertz CT molecular complexity index is 4910. The minimum Gasteiger partial charge on any atom is -0.296 e. The second kappa shape index (κ2) is 34.7. The van der Waals surface area contributed by atoms with E-state index in [4.69, 9.17) is 0 Å². The van der Waals surface area contributed by atoms with Crippen LogP contribution >= 0.6 is 0 Å². The number of H-pyrrole nitrogens is 6. The molecule has 102 heavy (non-hydrogen) atoms. The molecule has 30 nitrogen and oxygen atoms in total. The Morgan fingerprint density at radius 3 is 0.637 bits per heavy atom. The maximum atomic E-state index is 13.9. The van der Waals surface area contributed by atoms with Gasteiger partial charge in [-0.3, -0.25) is 39.0 Å². The van der Waals surface area contributed by atoms with Crippen LogP contribution in [0.1, 0.15) is 107 Å². The zero-order chi connectivity index (χ0) is 74.2. The first-order chi connectivity index (χ1) is 48.4. The molecule has 0 radical (unpaired) electrons. The van der Waals surface area contributed by atoms with Crippen molar-refractivity contribution in [2.75, 3.05) is 52.4 Å². The van der Waals surface area contributed by atoms with Gasteiger partial charge in [-0.05, 0) is 148 Å². The van der Waals surface area contributed by atoms with Crippen LogP contribution in [0.4, 0.5) is 34.1 Å². The Morgan fingerprint density at radius 1 is 0.275 bits per heavy atom. The highest BCUT2D eigenvalue weighted by Gasteiger charge is 2.29. The van der Waals surface area contributed by atoms with Crippen LogP contribution in [0.25, 0.3) is 11.1 Å². The van der Waals surface area contributed by atoms with Crippen LogP contribution in [0, 0.1) is 0 Å². The maximum Gasteiger partial charge on any atom is 0.295 e. The van der Waals surface area contributed by atoms with E-state index >= 15 is 0 Å². The number of benzene rings is 6. The summed E-state index contributed by atoms with van der Waals surface area (Å²) in [4.78, 5) is 43.5. The summed E-state index contributed by atoms with van der Waals surface area (Å²) in [5, 5.41) is 0. The summed E-state index contributed by atoms with van der Waals surface area (Å²) in [5.74, 6) is 0. The summed E-state index contributed by atoms with van der Waals surface area (Å²) in [6.07, 6.45) is 4.55. The number of sulfonamides is 4. The van der Waals surface area contributed by atoms with E-state index in [1.54, 1.807) is 24.3 Å². The Labute approximate surface area is 594 Å². The van der Waals surface area contributed by atoms with Gasteiger partial charge in [0.05, 0.1) is 53.7 Å². The van der Waals surface area contributed by atoms with E-state index in [1.807, 2.05) is 55.4 Å². The van der Waals surface area contributed by atoms with Crippen molar-refractivity contribution < 1.29 is 59.6 Å². The van der Waals surface area contributed by atoms with E-state index in [-0.39, 0.29) is 140 Å². The van der Waals surface area contributed by atoms with Crippen LogP contribution in [0.5, 0.6) is 0 Å². The molecule has 0 unspecified atom stereocenters. The Morgan fingerprint density at radius 2 is 0.461 bits per heavy atom. The average molecular weight is 1520 g/mol. The van der Waals surface area contributed by atoms with Gasteiger partial charge in [0.15, 0.2) is 0 Å².